The van der Waals surface area contributed by atoms with Crippen LogP contribution in [-0.2, 0) is 11.2 Å². The molecule has 0 aromatic heterocycles. The van der Waals surface area contributed by atoms with Crippen LogP contribution in [0.4, 0.5) is 0 Å². The maximum atomic E-state index is 11.8. The lowest BCUT2D eigenvalue weighted by Gasteiger charge is -2.29. The first-order valence-electron chi connectivity index (χ1n) is 7.27. The number of benzene rings is 1. The van der Waals surface area contributed by atoms with Crippen molar-refractivity contribution in [2.75, 3.05) is 0 Å². The van der Waals surface area contributed by atoms with Crippen molar-refractivity contribution >= 4 is 17.4 Å². The van der Waals surface area contributed by atoms with E-state index in [0.29, 0.717) is 17.6 Å². The minimum Gasteiger partial charge on any atom is -0.300 e. The van der Waals surface area contributed by atoms with Crippen LogP contribution in [0.1, 0.15) is 57.1 Å². The van der Waals surface area contributed by atoms with E-state index in [-0.39, 0.29) is 5.92 Å². The van der Waals surface area contributed by atoms with Gasteiger partial charge >= 0.3 is 0 Å². The predicted molar refractivity (Wildman–Crippen MR) is 80.8 cm³/mol. The molecule has 0 heterocycles. The van der Waals surface area contributed by atoms with Gasteiger partial charge in [-0.25, -0.2) is 0 Å². The molecule has 104 valence electrons. The highest BCUT2D eigenvalue weighted by Crippen LogP contribution is 2.38. The van der Waals surface area contributed by atoms with Crippen LogP contribution in [0.5, 0.6) is 0 Å². The number of fused-ring (bicyclic) bond motifs is 1. The quantitative estimate of drug-likeness (QED) is 0.756. The molecule has 0 saturated heterocycles. The molecule has 0 amide bonds. The summed E-state index contributed by atoms with van der Waals surface area (Å²) in [5, 5.41) is 0.825. The molecule has 0 bridgehead atoms. The molecular weight excluding hydrogens is 256 g/mol. The van der Waals surface area contributed by atoms with Crippen molar-refractivity contribution in [3.63, 3.8) is 0 Å². The van der Waals surface area contributed by atoms with Gasteiger partial charge in [-0.15, -0.1) is 0 Å². The van der Waals surface area contributed by atoms with E-state index in [1.165, 1.54) is 24.0 Å². The highest BCUT2D eigenvalue weighted by Gasteiger charge is 2.27. The first kappa shape index (κ1) is 14.6. The van der Waals surface area contributed by atoms with E-state index in [1.807, 2.05) is 6.07 Å². The minimum atomic E-state index is 0.187. The van der Waals surface area contributed by atoms with Crippen molar-refractivity contribution in [3.05, 3.63) is 34.3 Å². The normalized spacial score (nSPS) is 20.2. The number of aryl methyl sites for hydroxylation is 1. The van der Waals surface area contributed by atoms with Crippen LogP contribution < -0.4 is 0 Å². The Bertz CT molecular complexity index is 464. The lowest BCUT2D eigenvalue weighted by Crippen LogP contribution is -2.22. The number of carbonyl (C=O) groups is 1. The Hall–Kier alpha value is -0.820. The van der Waals surface area contributed by atoms with E-state index < -0.39 is 0 Å². The summed E-state index contributed by atoms with van der Waals surface area (Å²) in [7, 11) is 0. The Labute approximate surface area is 121 Å². The largest absolute Gasteiger partial charge is 0.300 e. The third-order valence-electron chi connectivity index (χ3n) is 4.41. The van der Waals surface area contributed by atoms with Crippen molar-refractivity contribution in [2.45, 2.75) is 52.4 Å². The molecule has 0 spiro atoms. The maximum absolute atomic E-state index is 11.8. The number of hydrogen-bond donors (Lipinski definition) is 0. The van der Waals surface area contributed by atoms with Crippen molar-refractivity contribution in [2.24, 2.45) is 11.8 Å². The van der Waals surface area contributed by atoms with Gasteiger partial charge in [0.25, 0.3) is 0 Å². The van der Waals surface area contributed by atoms with E-state index in [0.717, 1.165) is 17.9 Å². The monoisotopic (exact) mass is 278 g/mol. The minimum absolute atomic E-state index is 0.187. The van der Waals surface area contributed by atoms with Crippen molar-refractivity contribution < 1.29 is 4.79 Å². The van der Waals surface area contributed by atoms with Gasteiger partial charge in [-0.05, 0) is 67.7 Å². The summed E-state index contributed by atoms with van der Waals surface area (Å²) in [6.07, 6.45) is 4.52. The lowest BCUT2D eigenvalue weighted by atomic mass is 9.75. The zero-order valence-electron chi connectivity index (χ0n) is 12.1. The number of rotatable bonds is 4. The fraction of sp³-hybridized carbons (Fsp3) is 0.588. The molecule has 1 nitrogen and oxygen atoms in total. The van der Waals surface area contributed by atoms with Gasteiger partial charge in [0.15, 0.2) is 0 Å². The summed E-state index contributed by atoms with van der Waals surface area (Å²) in [5.74, 6) is 1.47. The second kappa shape index (κ2) is 6.09. The van der Waals surface area contributed by atoms with E-state index in [1.54, 1.807) is 6.92 Å². The summed E-state index contributed by atoms with van der Waals surface area (Å²) in [6, 6.07) is 6.25. The molecule has 0 aliphatic heterocycles. The van der Waals surface area contributed by atoms with Gasteiger partial charge in [-0.1, -0.05) is 31.5 Å². The van der Waals surface area contributed by atoms with E-state index >= 15 is 0 Å². The SMILES string of the molecule is CC(=O)[C@H](CC1CCCc2cc(Cl)ccc21)C(C)C. The number of hydrogen-bond acceptors (Lipinski definition) is 1. The Morgan fingerprint density at radius 2 is 2.16 bits per heavy atom. The zero-order chi connectivity index (χ0) is 14.0. The van der Waals surface area contributed by atoms with E-state index in [2.05, 4.69) is 26.0 Å². The molecule has 1 aliphatic carbocycles. The molecule has 0 fully saturated rings. The van der Waals surface area contributed by atoms with Crippen LogP contribution in [0.25, 0.3) is 0 Å². The maximum Gasteiger partial charge on any atom is 0.133 e. The Balaban J connectivity index is 2.21. The second-order valence-electron chi connectivity index (χ2n) is 6.13. The highest BCUT2D eigenvalue weighted by molar-refractivity contribution is 6.30. The first-order valence-corrected chi connectivity index (χ1v) is 7.65. The van der Waals surface area contributed by atoms with Gasteiger partial charge in [0.05, 0.1) is 0 Å². The molecule has 2 atom stereocenters. The molecular formula is C17H23ClO. The molecule has 2 rings (SSSR count). The van der Waals surface area contributed by atoms with Crippen LogP contribution in [-0.4, -0.2) is 5.78 Å². The first-order chi connectivity index (χ1) is 8.99. The molecule has 1 unspecified atom stereocenters. The van der Waals surface area contributed by atoms with Gasteiger partial charge in [0, 0.05) is 10.9 Å². The molecule has 0 N–H and O–H groups in total. The van der Waals surface area contributed by atoms with Crippen LogP contribution >= 0.6 is 11.6 Å². The summed E-state index contributed by atoms with van der Waals surface area (Å²) in [5.41, 5.74) is 2.80. The lowest BCUT2D eigenvalue weighted by molar-refractivity contribution is -0.122. The van der Waals surface area contributed by atoms with Crippen LogP contribution in [0, 0.1) is 11.8 Å². The Kier molecular flexibility index (Phi) is 4.67. The molecule has 2 heteroatoms. The molecule has 1 aliphatic rings. The van der Waals surface area contributed by atoms with Crippen molar-refractivity contribution in [3.8, 4) is 0 Å². The van der Waals surface area contributed by atoms with E-state index in [4.69, 9.17) is 11.6 Å². The molecule has 0 radical (unpaired) electrons. The average molecular weight is 279 g/mol. The summed E-state index contributed by atoms with van der Waals surface area (Å²) >= 11 is 6.08. The highest BCUT2D eigenvalue weighted by atomic mass is 35.5. The third kappa shape index (κ3) is 3.39. The Morgan fingerprint density at radius 3 is 2.79 bits per heavy atom. The van der Waals surface area contributed by atoms with Crippen molar-refractivity contribution in [1.29, 1.82) is 0 Å². The van der Waals surface area contributed by atoms with Crippen molar-refractivity contribution in [1.82, 2.24) is 0 Å². The van der Waals surface area contributed by atoms with Crippen LogP contribution in [0.15, 0.2) is 18.2 Å². The van der Waals surface area contributed by atoms with Gasteiger partial charge in [0.2, 0.25) is 0 Å². The number of carbonyl (C=O) groups excluding carboxylic acids is 1. The summed E-state index contributed by atoms with van der Waals surface area (Å²) < 4.78 is 0. The van der Waals surface area contributed by atoms with Crippen LogP contribution in [0.3, 0.4) is 0 Å². The van der Waals surface area contributed by atoms with Gasteiger partial charge in [0.1, 0.15) is 5.78 Å². The molecule has 1 aromatic rings. The second-order valence-corrected chi connectivity index (χ2v) is 6.57. The van der Waals surface area contributed by atoms with E-state index in [9.17, 15) is 4.79 Å². The standard InChI is InChI=1S/C17H23ClO/c1-11(2)17(12(3)19)10-14-6-4-5-13-9-15(18)7-8-16(13)14/h7-9,11,14,17H,4-6,10H2,1-3H3/t14?,17-/m1/s1. The number of halogens is 1. The van der Waals surface area contributed by atoms with Crippen LogP contribution in [0.2, 0.25) is 5.02 Å². The zero-order valence-corrected chi connectivity index (χ0v) is 12.8. The fourth-order valence-electron chi connectivity index (χ4n) is 3.34. The number of ketones is 1. The summed E-state index contributed by atoms with van der Waals surface area (Å²) in [6.45, 7) is 6.03. The smallest absolute Gasteiger partial charge is 0.133 e. The van der Waals surface area contributed by atoms with Gasteiger partial charge in [-0.3, -0.25) is 4.79 Å². The molecule has 19 heavy (non-hydrogen) atoms. The average Bonchev–Trinajstić information content (AvgIpc) is 2.34. The fourth-order valence-corrected chi connectivity index (χ4v) is 3.54. The topological polar surface area (TPSA) is 17.1 Å². The number of Topliss-reactive ketones (excluding diaryl/α,β-unsaturated/α-hetero) is 1. The summed E-state index contributed by atoms with van der Waals surface area (Å²) in [4.78, 5) is 11.8. The van der Waals surface area contributed by atoms with Gasteiger partial charge < -0.3 is 0 Å². The predicted octanol–water partition coefficient (Wildman–Crippen LogP) is 5.01. The molecule has 0 saturated carbocycles. The third-order valence-corrected chi connectivity index (χ3v) is 4.64. The Morgan fingerprint density at radius 1 is 1.42 bits per heavy atom. The van der Waals surface area contributed by atoms with Gasteiger partial charge in [-0.2, -0.15) is 0 Å². The molecule has 1 aromatic carbocycles.